The Kier molecular flexibility index (Phi) is 2.46. The van der Waals surface area contributed by atoms with Crippen LogP contribution in [0.2, 0.25) is 0 Å². The van der Waals surface area contributed by atoms with Gasteiger partial charge in [0.05, 0.1) is 12.7 Å². The molecular formula is C8H8F2N2O. The second-order valence-corrected chi connectivity index (χ2v) is 2.38. The molecule has 0 aliphatic heterocycles. The molecule has 0 bridgehead atoms. The molecular weight excluding hydrogens is 178 g/mol. The predicted molar refractivity (Wildman–Crippen MR) is 43.9 cm³/mol. The number of ether oxygens (including phenoxy) is 1. The number of nitrogens with two attached hydrogens (primary N) is 1. The fourth-order valence-corrected chi connectivity index (χ4v) is 0.925. The van der Waals surface area contributed by atoms with Gasteiger partial charge in [0.1, 0.15) is 23.2 Å². The fourth-order valence-electron chi connectivity index (χ4n) is 0.925. The smallest absolute Gasteiger partial charge is 0.140 e. The van der Waals surface area contributed by atoms with Gasteiger partial charge in [0.25, 0.3) is 0 Å². The molecule has 0 aliphatic carbocycles. The van der Waals surface area contributed by atoms with Crippen molar-refractivity contribution >= 4 is 5.84 Å². The van der Waals surface area contributed by atoms with Crippen LogP contribution in [0, 0.1) is 17.0 Å². The third-order valence-electron chi connectivity index (χ3n) is 1.52. The number of nitrogen functional groups attached to an aromatic ring is 1. The first-order chi connectivity index (χ1) is 6.06. The highest BCUT2D eigenvalue weighted by Crippen LogP contribution is 2.19. The van der Waals surface area contributed by atoms with E-state index in [1.54, 1.807) is 0 Å². The zero-order valence-corrected chi connectivity index (χ0v) is 6.90. The van der Waals surface area contributed by atoms with Crippen LogP contribution >= 0.6 is 0 Å². The number of methoxy groups -OCH3 is 1. The molecule has 5 heteroatoms. The lowest BCUT2D eigenvalue weighted by Gasteiger charge is -2.05. The van der Waals surface area contributed by atoms with Gasteiger partial charge >= 0.3 is 0 Å². The molecule has 0 aliphatic rings. The summed E-state index contributed by atoms with van der Waals surface area (Å²) in [5, 5.41) is 6.90. The topological polar surface area (TPSA) is 59.1 Å². The molecule has 0 saturated heterocycles. The van der Waals surface area contributed by atoms with Crippen LogP contribution in [0.5, 0.6) is 5.75 Å². The molecule has 0 saturated carbocycles. The molecule has 1 aromatic carbocycles. The van der Waals surface area contributed by atoms with Crippen LogP contribution in [0.4, 0.5) is 8.78 Å². The van der Waals surface area contributed by atoms with E-state index in [2.05, 4.69) is 4.74 Å². The third-order valence-corrected chi connectivity index (χ3v) is 1.52. The summed E-state index contributed by atoms with van der Waals surface area (Å²) < 4.78 is 30.6. The summed E-state index contributed by atoms with van der Waals surface area (Å²) in [5.41, 5.74) is 4.44. The summed E-state index contributed by atoms with van der Waals surface area (Å²) in [6.45, 7) is 0. The molecule has 0 spiro atoms. The van der Waals surface area contributed by atoms with Gasteiger partial charge in [0.2, 0.25) is 0 Å². The lowest BCUT2D eigenvalue weighted by molar-refractivity contribution is 0.406. The summed E-state index contributed by atoms with van der Waals surface area (Å²) in [5.74, 6) is -2.38. The van der Waals surface area contributed by atoms with Gasteiger partial charge in [-0.05, 0) is 0 Å². The Bertz CT molecular complexity index is 329. The van der Waals surface area contributed by atoms with Crippen molar-refractivity contribution in [1.82, 2.24) is 0 Å². The standard InChI is InChI=1S/C8H8F2N2O/c1-13-4-2-5(9)7(8(11)12)6(10)3-4/h2-3H,1H3,(H3,11,12). The second-order valence-electron chi connectivity index (χ2n) is 2.38. The lowest BCUT2D eigenvalue weighted by atomic mass is 10.1. The van der Waals surface area contributed by atoms with Crippen LogP contribution in [0.1, 0.15) is 5.56 Å². The second kappa shape index (κ2) is 3.38. The molecule has 3 nitrogen and oxygen atoms in total. The number of halogens is 2. The molecule has 0 aromatic heterocycles. The third kappa shape index (κ3) is 1.74. The number of benzene rings is 1. The number of rotatable bonds is 2. The van der Waals surface area contributed by atoms with E-state index in [0.29, 0.717) is 0 Å². The van der Waals surface area contributed by atoms with Crippen LogP contribution in [0.25, 0.3) is 0 Å². The van der Waals surface area contributed by atoms with Crippen molar-refractivity contribution in [2.75, 3.05) is 7.11 Å². The number of nitrogens with one attached hydrogen (secondary N) is 1. The van der Waals surface area contributed by atoms with Crippen molar-refractivity contribution in [3.63, 3.8) is 0 Å². The van der Waals surface area contributed by atoms with Crippen molar-refractivity contribution in [2.45, 2.75) is 0 Å². The Morgan fingerprint density at radius 2 is 1.85 bits per heavy atom. The Morgan fingerprint density at radius 1 is 1.38 bits per heavy atom. The highest BCUT2D eigenvalue weighted by molar-refractivity contribution is 5.95. The van der Waals surface area contributed by atoms with Crippen LogP contribution in [0.3, 0.4) is 0 Å². The molecule has 0 radical (unpaired) electrons. The van der Waals surface area contributed by atoms with E-state index in [9.17, 15) is 8.78 Å². The highest BCUT2D eigenvalue weighted by atomic mass is 19.1. The summed E-state index contributed by atoms with van der Waals surface area (Å²) in [4.78, 5) is 0. The molecule has 13 heavy (non-hydrogen) atoms. The summed E-state index contributed by atoms with van der Waals surface area (Å²) in [6.07, 6.45) is 0. The molecule has 3 N–H and O–H groups in total. The van der Waals surface area contributed by atoms with Gasteiger partial charge in [-0.25, -0.2) is 8.78 Å². The molecule has 70 valence electrons. The van der Waals surface area contributed by atoms with Gasteiger partial charge in [-0.2, -0.15) is 0 Å². The lowest BCUT2D eigenvalue weighted by Crippen LogP contribution is -2.15. The summed E-state index contributed by atoms with van der Waals surface area (Å²) >= 11 is 0. The van der Waals surface area contributed by atoms with Gasteiger partial charge in [0.15, 0.2) is 0 Å². The van der Waals surface area contributed by atoms with E-state index in [0.717, 1.165) is 12.1 Å². The average molecular weight is 186 g/mol. The summed E-state index contributed by atoms with van der Waals surface area (Å²) in [7, 11) is 1.29. The molecule has 0 amide bonds. The Balaban J connectivity index is 3.31. The molecule has 0 fully saturated rings. The molecule has 1 aromatic rings. The van der Waals surface area contributed by atoms with E-state index in [1.165, 1.54) is 7.11 Å². The zero-order valence-electron chi connectivity index (χ0n) is 6.90. The first-order valence-electron chi connectivity index (χ1n) is 3.43. The van der Waals surface area contributed by atoms with Crippen molar-refractivity contribution in [3.05, 3.63) is 29.3 Å². The highest BCUT2D eigenvalue weighted by Gasteiger charge is 2.13. The Labute approximate surface area is 73.6 Å². The van der Waals surface area contributed by atoms with Gasteiger partial charge in [0, 0.05) is 12.1 Å². The van der Waals surface area contributed by atoms with E-state index in [-0.39, 0.29) is 5.75 Å². The predicted octanol–water partition coefficient (Wildman–Crippen LogP) is 1.26. The SMILES string of the molecule is COc1cc(F)c(C(=N)N)c(F)c1. The number of amidine groups is 1. The van der Waals surface area contributed by atoms with E-state index < -0.39 is 23.0 Å². The van der Waals surface area contributed by atoms with Crippen molar-refractivity contribution in [1.29, 1.82) is 5.41 Å². The fraction of sp³-hybridized carbons (Fsp3) is 0.125. The minimum atomic E-state index is -0.899. The maximum absolute atomic E-state index is 13.0. The molecule has 0 heterocycles. The Hall–Kier alpha value is -1.65. The maximum Gasteiger partial charge on any atom is 0.140 e. The van der Waals surface area contributed by atoms with Crippen molar-refractivity contribution in [3.8, 4) is 5.75 Å². The van der Waals surface area contributed by atoms with Gasteiger partial charge in [-0.1, -0.05) is 0 Å². The van der Waals surface area contributed by atoms with Crippen LogP contribution in [-0.2, 0) is 0 Å². The molecule has 0 unspecified atom stereocenters. The number of hydrogen-bond donors (Lipinski definition) is 2. The van der Waals surface area contributed by atoms with Gasteiger partial charge in [-0.3, -0.25) is 5.41 Å². The van der Waals surface area contributed by atoms with Crippen molar-refractivity contribution in [2.24, 2.45) is 5.73 Å². The monoisotopic (exact) mass is 186 g/mol. The minimum Gasteiger partial charge on any atom is -0.497 e. The first kappa shape index (κ1) is 9.44. The molecule has 0 atom stereocenters. The Morgan fingerprint density at radius 3 is 2.15 bits per heavy atom. The average Bonchev–Trinajstić information content (AvgIpc) is 2.02. The maximum atomic E-state index is 13.0. The largest absolute Gasteiger partial charge is 0.497 e. The zero-order chi connectivity index (χ0) is 10.0. The minimum absolute atomic E-state index is 0.0556. The van der Waals surface area contributed by atoms with Crippen molar-refractivity contribution < 1.29 is 13.5 Å². The van der Waals surface area contributed by atoms with E-state index >= 15 is 0 Å². The van der Waals surface area contributed by atoms with E-state index in [4.69, 9.17) is 11.1 Å². The van der Waals surface area contributed by atoms with Gasteiger partial charge < -0.3 is 10.5 Å². The van der Waals surface area contributed by atoms with Gasteiger partial charge in [-0.15, -0.1) is 0 Å². The first-order valence-corrected chi connectivity index (χ1v) is 3.43. The van der Waals surface area contributed by atoms with Crippen LogP contribution in [0.15, 0.2) is 12.1 Å². The van der Waals surface area contributed by atoms with E-state index in [1.807, 2.05) is 0 Å². The summed E-state index contributed by atoms with van der Waals surface area (Å²) in [6, 6.07) is 1.94. The quantitative estimate of drug-likeness (QED) is 0.539. The van der Waals surface area contributed by atoms with Crippen LogP contribution in [-0.4, -0.2) is 12.9 Å². The van der Waals surface area contributed by atoms with Crippen LogP contribution < -0.4 is 10.5 Å². The normalized spacial score (nSPS) is 9.77. The number of hydrogen-bond acceptors (Lipinski definition) is 2. The molecule has 1 rings (SSSR count).